The molecule has 3 aromatic rings. The maximum Gasteiger partial charge on any atom is 0.268 e. The maximum atomic E-state index is 12.1. The van der Waals surface area contributed by atoms with E-state index in [1.807, 2.05) is 30.5 Å². The van der Waals surface area contributed by atoms with Gasteiger partial charge in [-0.15, -0.1) is 0 Å². The number of aromatic amines is 1. The minimum atomic E-state index is -0.250. The van der Waals surface area contributed by atoms with Gasteiger partial charge in [0.15, 0.2) is 0 Å². The monoisotopic (exact) mass is 333 g/mol. The van der Waals surface area contributed by atoms with Gasteiger partial charge in [0, 0.05) is 25.1 Å². The first kappa shape index (κ1) is 16.5. The zero-order chi connectivity index (χ0) is 17.5. The minimum absolute atomic E-state index is 0.250. The van der Waals surface area contributed by atoms with Crippen molar-refractivity contribution in [2.75, 3.05) is 0 Å². The summed E-state index contributed by atoms with van der Waals surface area (Å²) in [6, 6.07) is 13.9. The van der Waals surface area contributed by atoms with Crippen molar-refractivity contribution >= 4 is 5.91 Å². The summed E-state index contributed by atoms with van der Waals surface area (Å²) in [5.41, 5.74) is 2.13. The normalized spacial score (nSPS) is 10.4. The summed E-state index contributed by atoms with van der Waals surface area (Å²) >= 11 is 0. The zero-order valence-electron chi connectivity index (χ0n) is 13.8. The highest BCUT2D eigenvalue weighted by Crippen LogP contribution is 2.06. The molecule has 0 unspecified atom stereocenters. The topological polar surface area (TPSA) is 86.5 Å². The van der Waals surface area contributed by atoms with Crippen molar-refractivity contribution in [1.82, 2.24) is 19.9 Å². The molecule has 1 aromatic carbocycles. The molecule has 6 nitrogen and oxygen atoms in total. The highest BCUT2D eigenvalue weighted by Gasteiger charge is 2.10. The number of H-pyrrole nitrogens is 1. The summed E-state index contributed by atoms with van der Waals surface area (Å²) in [6.45, 7) is 1.19. The van der Waals surface area contributed by atoms with Gasteiger partial charge in [-0.3, -0.25) is 4.79 Å². The fourth-order valence-corrected chi connectivity index (χ4v) is 2.65. The molecule has 25 heavy (non-hydrogen) atoms. The average Bonchev–Trinajstić information content (AvgIpc) is 3.30. The van der Waals surface area contributed by atoms with Crippen molar-refractivity contribution in [3.63, 3.8) is 0 Å². The summed E-state index contributed by atoms with van der Waals surface area (Å²) in [4.78, 5) is 19.2. The number of nitrogens with one attached hydrogen (secondary N) is 2. The molecule has 0 saturated carbocycles. The molecule has 0 fully saturated rings. The molecule has 1 amide bonds. The van der Waals surface area contributed by atoms with Crippen molar-refractivity contribution < 1.29 is 4.79 Å². The van der Waals surface area contributed by atoms with Gasteiger partial charge >= 0.3 is 0 Å². The zero-order valence-corrected chi connectivity index (χ0v) is 13.8. The Kier molecular flexibility index (Phi) is 5.27. The third-order valence-corrected chi connectivity index (χ3v) is 3.97. The lowest BCUT2D eigenvalue weighted by Gasteiger charge is -2.09. The average molecular weight is 333 g/mol. The second-order valence-electron chi connectivity index (χ2n) is 5.72. The van der Waals surface area contributed by atoms with Crippen LogP contribution in [0.5, 0.6) is 0 Å². The number of rotatable bonds is 7. The van der Waals surface area contributed by atoms with Gasteiger partial charge in [0.05, 0.1) is 12.1 Å². The van der Waals surface area contributed by atoms with Gasteiger partial charge in [0.25, 0.3) is 5.91 Å². The Morgan fingerprint density at radius 2 is 2.16 bits per heavy atom. The molecule has 6 heteroatoms. The molecule has 2 aromatic heterocycles. The van der Waals surface area contributed by atoms with Gasteiger partial charge in [-0.05, 0) is 24.5 Å². The van der Waals surface area contributed by atoms with Crippen LogP contribution in [0.2, 0.25) is 0 Å². The predicted octanol–water partition coefficient (Wildman–Crippen LogP) is 2.65. The van der Waals surface area contributed by atoms with E-state index in [4.69, 9.17) is 5.26 Å². The Bertz CT molecular complexity index is 873. The second-order valence-corrected chi connectivity index (χ2v) is 5.72. The number of imidazole rings is 1. The molecule has 3 rings (SSSR count). The first-order valence-corrected chi connectivity index (χ1v) is 8.17. The Morgan fingerprint density at radius 1 is 1.32 bits per heavy atom. The second kappa shape index (κ2) is 7.97. The van der Waals surface area contributed by atoms with Crippen LogP contribution in [0, 0.1) is 11.3 Å². The number of carbonyl (C=O) groups excluding carboxylic acids is 1. The fourth-order valence-electron chi connectivity index (χ4n) is 2.65. The van der Waals surface area contributed by atoms with Gasteiger partial charge in [0.2, 0.25) is 0 Å². The van der Waals surface area contributed by atoms with Crippen molar-refractivity contribution in [2.45, 2.75) is 25.9 Å². The van der Waals surface area contributed by atoms with Crippen LogP contribution in [-0.2, 0) is 19.5 Å². The molecule has 0 atom stereocenters. The number of hydrogen-bond acceptors (Lipinski definition) is 3. The van der Waals surface area contributed by atoms with Gasteiger partial charge < -0.3 is 14.9 Å². The third-order valence-electron chi connectivity index (χ3n) is 3.97. The lowest BCUT2D eigenvalue weighted by molar-refractivity contribution is 0.0945. The lowest BCUT2D eigenvalue weighted by Crippen LogP contribution is -2.25. The Hall–Kier alpha value is -3.33. The van der Waals surface area contributed by atoms with Crippen LogP contribution in [0.3, 0.4) is 0 Å². The lowest BCUT2D eigenvalue weighted by atomic mass is 10.1. The van der Waals surface area contributed by atoms with E-state index in [1.54, 1.807) is 6.20 Å². The SMILES string of the molecule is N#Cc1c[nH]c(C(=O)NCc2nccn2CCCc2ccccc2)c1. The number of aromatic nitrogens is 3. The summed E-state index contributed by atoms with van der Waals surface area (Å²) in [7, 11) is 0. The predicted molar refractivity (Wildman–Crippen MR) is 93.7 cm³/mol. The van der Waals surface area contributed by atoms with Crippen LogP contribution in [0.25, 0.3) is 0 Å². The standard InChI is InChI=1S/C19H19N5O/c20-12-16-11-17(22-13-16)19(25)23-14-18-21-8-10-24(18)9-4-7-15-5-2-1-3-6-15/h1-3,5-6,8,10-11,13,22H,4,7,9,14H2,(H,23,25). The number of nitrogens with zero attached hydrogens (tertiary/aromatic N) is 3. The van der Waals surface area contributed by atoms with E-state index >= 15 is 0 Å². The fraction of sp³-hybridized carbons (Fsp3) is 0.211. The number of nitriles is 1. The molecule has 0 aliphatic heterocycles. The van der Waals surface area contributed by atoms with E-state index in [-0.39, 0.29) is 5.91 Å². The number of benzene rings is 1. The Balaban J connectivity index is 1.51. The molecule has 2 heterocycles. The van der Waals surface area contributed by atoms with Gasteiger partial charge in [-0.1, -0.05) is 30.3 Å². The summed E-state index contributed by atoms with van der Waals surface area (Å²) < 4.78 is 2.05. The Morgan fingerprint density at radius 3 is 2.92 bits per heavy atom. The highest BCUT2D eigenvalue weighted by molar-refractivity contribution is 5.92. The molecule has 0 saturated heterocycles. The molecule has 126 valence electrons. The molecular formula is C19H19N5O. The molecule has 0 aliphatic carbocycles. The van der Waals surface area contributed by atoms with E-state index in [2.05, 4.69) is 32.0 Å². The van der Waals surface area contributed by atoms with Crippen LogP contribution in [0.4, 0.5) is 0 Å². The van der Waals surface area contributed by atoms with Crippen LogP contribution in [0.1, 0.15) is 33.9 Å². The quantitative estimate of drug-likeness (QED) is 0.697. The first-order chi connectivity index (χ1) is 12.3. The largest absolute Gasteiger partial charge is 0.356 e. The summed E-state index contributed by atoms with van der Waals surface area (Å²) in [5, 5.41) is 11.6. The van der Waals surface area contributed by atoms with E-state index in [0.29, 0.717) is 17.8 Å². The molecule has 0 spiro atoms. The van der Waals surface area contributed by atoms with Gasteiger partial charge in [-0.25, -0.2) is 4.98 Å². The first-order valence-electron chi connectivity index (χ1n) is 8.17. The highest BCUT2D eigenvalue weighted by atomic mass is 16.1. The van der Waals surface area contributed by atoms with E-state index < -0.39 is 0 Å². The third kappa shape index (κ3) is 4.36. The van der Waals surface area contributed by atoms with E-state index in [0.717, 1.165) is 25.2 Å². The maximum absolute atomic E-state index is 12.1. The van der Waals surface area contributed by atoms with Gasteiger partial charge in [0.1, 0.15) is 17.6 Å². The van der Waals surface area contributed by atoms with Crippen molar-refractivity contribution in [3.05, 3.63) is 77.6 Å². The van der Waals surface area contributed by atoms with Crippen LogP contribution >= 0.6 is 0 Å². The Labute approximate surface area is 146 Å². The van der Waals surface area contributed by atoms with Crippen molar-refractivity contribution in [2.24, 2.45) is 0 Å². The molecular weight excluding hydrogens is 314 g/mol. The number of aryl methyl sites for hydroxylation is 2. The number of carbonyl (C=O) groups is 1. The molecule has 2 N–H and O–H groups in total. The minimum Gasteiger partial charge on any atom is -0.356 e. The smallest absolute Gasteiger partial charge is 0.268 e. The van der Waals surface area contributed by atoms with Crippen LogP contribution in [-0.4, -0.2) is 20.4 Å². The van der Waals surface area contributed by atoms with E-state index in [9.17, 15) is 4.79 Å². The number of hydrogen-bond donors (Lipinski definition) is 2. The van der Waals surface area contributed by atoms with Gasteiger partial charge in [-0.2, -0.15) is 5.26 Å². The number of amides is 1. The van der Waals surface area contributed by atoms with Crippen LogP contribution in [0.15, 0.2) is 55.0 Å². The summed E-state index contributed by atoms with van der Waals surface area (Å²) in [5.74, 6) is 0.564. The molecule has 0 radical (unpaired) electrons. The molecule has 0 aliphatic rings. The molecule has 0 bridgehead atoms. The van der Waals surface area contributed by atoms with Crippen molar-refractivity contribution in [1.29, 1.82) is 5.26 Å². The van der Waals surface area contributed by atoms with E-state index in [1.165, 1.54) is 17.8 Å². The van der Waals surface area contributed by atoms with Crippen LogP contribution < -0.4 is 5.32 Å². The summed E-state index contributed by atoms with van der Waals surface area (Å²) in [6.07, 6.45) is 7.19. The van der Waals surface area contributed by atoms with Crippen molar-refractivity contribution in [3.8, 4) is 6.07 Å².